The number of rotatable bonds is 2. The number of aliphatic carboxylic acids is 1. The zero-order chi connectivity index (χ0) is 5.86. The van der Waals surface area contributed by atoms with E-state index in [0.29, 0.717) is 0 Å². The van der Waals surface area contributed by atoms with E-state index in [0.717, 1.165) is 0 Å². The molecular weight excluding hydrogens is 178 g/mol. The van der Waals surface area contributed by atoms with E-state index >= 15 is 0 Å². The average Bonchev–Trinajstić information content (AvgIpc) is 1.27. The van der Waals surface area contributed by atoms with Gasteiger partial charge in [-0.1, -0.05) is 0 Å². The second-order valence-corrected chi connectivity index (χ2v) is 2.27. The molecule has 2 nitrogen and oxygen atoms in total. The fourth-order valence-corrected chi connectivity index (χ4v) is 0.396. The first kappa shape index (κ1) is 12.4. The van der Waals surface area contributed by atoms with Gasteiger partial charge in [-0.15, -0.1) is 23.2 Å². The van der Waals surface area contributed by atoms with Gasteiger partial charge in [0.2, 0.25) is 0 Å². The molecule has 0 bridgehead atoms. The van der Waals surface area contributed by atoms with Crippen LogP contribution in [0, 0.1) is 0 Å². The van der Waals surface area contributed by atoms with E-state index in [2.05, 4.69) is 0 Å². The summed E-state index contributed by atoms with van der Waals surface area (Å²) in [5, 5.41) is 7.92. The molecule has 0 radical (unpaired) electrons. The molecule has 0 fully saturated rings. The minimum Gasteiger partial charge on any atom is -1.00 e. The predicted molar refractivity (Wildman–Crippen MR) is 28.9 cm³/mol. The van der Waals surface area contributed by atoms with Crippen molar-refractivity contribution in [3.63, 3.8) is 0 Å². The second kappa shape index (κ2) is 6.80. The van der Waals surface area contributed by atoms with E-state index in [1.807, 2.05) is 0 Å². The molecule has 0 rings (SSSR count). The monoisotopic (exact) mass is 182 g/mol. The van der Waals surface area contributed by atoms with Crippen LogP contribution in [0.15, 0.2) is 0 Å². The Labute approximate surface area is 101 Å². The summed E-state index contributed by atoms with van der Waals surface area (Å²) in [5.41, 5.74) is 0. The number of carboxylic acids is 1. The van der Waals surface area contributed by atoms with Gasteiger partial charge in [-0.2, -0.15) is 0 Å². The van der Waals surface area contributed by atoms with Crippen LogP contribution in [0.5, 0.6) is 0 Å². The van der Waals surface area contributed by atoms with Crippen molar-refractivity contribution >= 4 is 29.2 Å². The molecule has 0 aromatic rings. The molecular formula is C3H5Cl2KO2. The Kier molecular flexibility index (Phi) is 10.5. The molecule has 5 heteroatoms. The van der Waals surface area contributed by atoms with Gasteiger partial charge in [-0.25, -0.2) is 0 Å². The molecule has 0 heterocycles. The average molecular weight is 183 g/mol. The van der Waals surface area contributed by atoms with Gasteiger partial charge in [0.05, 0.1) is 6.42 Å². The third kappa shape index (κ3) is 10.6. The molecule has 0 spiro atoms. The van der Waals surface area contributed by atoms with E-state index < -0.39 is 10.8 Å². The van der Waals surface area contributed by atoms with Crippen LogP contribution in [0.1, 0.15) is 7.85 Å². The summed E-state index contributed by atoms with van der Waals surface area (Å²) in [4.78, 5) is 8.86. The summed E-state index contributed by atoms with van der Waals surface area (Å²) in [6.45, 7) is 0. The van der Waals surface area contributed by atoms with Gasteiger partial charge < -0.3 is 6.53 Å². The van der Waals surface area contributed by atoms with Crippen molar-refractivity contribution in [1.29, 1.82) is 0 Å². The molecule has 8 heavy (non-hydrogen) atoms. The van der Waals surface area contributed by atoms with Gasteiger partial charge >= 0.3 is 57.4 Å². The Bertz CT molecular complexity index is 80.2. The van der Waals surface area contributed by atoms with Crippen molar-refractivity contribution in [2.24, 2.45) is 0 Å². The fourth-order valence-electron chi connectivity index (χ4n) is 0.132. The van der Waals surface area contributed by atoms with Crippen LogP contribution in [0.4, 0.5) is 0 Å². The molecule has 0 atom stereocenters. The van der Waals surface area contributed by atoms with Gasteiger partial charge in [-0.3, -0.25) is 4.79 Å². The molecule has 0 unspecified atom stereocenters. The Morgan fingerprint density at radius 1 is 1.75 bits per heavy atom. The molecule has 0 aliphatic carbocycles. The minimum atomic E-state index is -0.977. The Balaban J connectivity index is -0.000000180. The first-order chi connectivity index (χ1) is 3.13. The van der Waals surface area contributed by atoms with Crippen LogP contribution in [0.2, 0.25) is 0 Å². The quantitative estimate of drug-likeness (QED) is 0.412. The van der Waals surface area contributed by atoms with Crippen molar-refractivity contribution < 1.29 is 62.7 Å². The van der Waals surface area contributed by atoms with Crippen molar-refractivity contribution in [2.45, 2.75) is 11.3 Å². The standard InChI is InChI=1S/C3H4Cl2O2.K.H/c4-2(5)1-3(6)7;;/h2H,1H2,(H,6,7);;/q;+1;-1. The van der Waals surface area contributed by atoms with Crippen molar-refractivity contribution in [2.75, 3.05) is 0 Å². The van der Waals surface area contributed by atoms with Crippen LogP contribution in [0.25, 0.3) is 0 Å². The molecule has 0 amide bonds. The predicted octanol–water partition coefficient (Wildman–Crippen LogP) is -1.62. The Morgan fingerprint density at radius 2 is 2.12 bits per heavy atom. The van der Waals surface area contributed by atoms with E-state index in [-0.39, 0.29) is 59.2 Å². The minimum absolute atomic E-state index is 0. The second-order valence-electron chi connectivity index (χ2n) is 0.989. The third-order valence-electron chi connectivity index (χ3n) is 0.329. The summed E-state index contributed by atoms with van der Waals surface area (Å²) in [7, 11) is 0. The zero-order valence-corrected chi connectivity index (χ0v) is 9.03. The number of carboxylic acid groups (broad SMARTS) is 1. The number of alkyl halides is 2. The number of carbonyl (C=O) groups is 1. The summed E-state index contributed by atoms with van der Waals surface area (Å²) in [5.74, 6) is -0.977. The van der Waals surface area contributed by atoms with Crippen LogP contribution in [-0.2, 0) is 4.79 Å². The number of hydrogen-bond donors (Lipinski definition) is 1. The fraction of sp³-hybridized carbons (Fsp3) is 0.667. The molecule has 1 N–H and O–H groups in total. The molecule has 0 aliphatic heterocycles. The molecule has 0 aliphatic rings. The summed E-state index contributed by atoms with van der Waals surface area (Å²) >= 11 is 10.1. The van der Waals surface area contributed by atoms with Gasteiger partial charge in [-0.05, 0) is 0 Å². The maximum Gasteiger partial charge on any atom is 1.00 e. The van der Waals surface area contributed by atoms with Crippen LogP contribution in [-0.4, -0.2) is 15.9 Å². The molecule has 0 aromatic carbocycles. The summed E-state index contributed by atoms with van der Waals surface area (Å²) in [6.07, 6.45) is -0.191. The third-order valence-corrected chi connectivity index (χ3v) is 0.638. The zero-order valence-electron chi connectivity index (χ0n) is 5.40. The van der Waals surface area contributed by atoms with Gasteiger partial charge in [0.15, 0.2) is 0 Å². The SMILES string of the molecule is O=C(O)CC(Cl)Cl.[H-].[K+]. The maximum atomic E-state index is 9.64. The van der Waals surface area contributed by atoms with Gasteiger partial charge in [0, 0.05) is 0 Å². The van der Waals surface area contributed by atoms with Gasteiger partial charge in [0.25, 0.3) is 0 Å². The Morgan fingerprint density at radius 3 is 2.12 bits per heavy atom. The molecule has 0 aromatic heterocycles. The van der Waals surface area contributed by atoms with Gasteiger partial charge in [0.1, 0.15) is 4.84 Å². The van der Waals surface area contributed by atoms with Crippen LogP contribution in [0.3, 0.4) is 0 Å². The van der Waals surface area contributed by atoms with Crippen LogP contribution >= 0.6 is 23.2 Å². The first-order valence-corrected chi connectivity index (χ1v) is 2.50. The maximum absolute atomic E-state index is 9.64. The van der Waals surface area contributed by atoms with Crippen molar-refractivity contribution in [3.8, 4) is 0 Å². The molecule has 0 saturated heterocycles. The van der Waals surface area contributed by atoms with E-state index in [1.54, 1.807) is 0 Å². The van der Waals surface area contributed by atoms with Crippen molar-refractivity contribution in [3.05, 3.63) is 0 Å². The van der Waals surface area contributed by atoms with E-state index in [4.69, 9.17) is 28.3 Å². The normalized spacial score (nSPS) is 8.38. The van der Waals surface area contributed by atoms with Crippen LogP contribution < -0.4 is 51.4 Å². The smallest absolute Gasteiger partial charge is 1.00 e. The summed E-state index contributed by atoms with van der Waals surface area (Å²) in [6, 6.07) is 0. The van der Waals surface area contributed by atoms with E-state index in [9.17, 15) is 4.79 Å². The first-order valence-electron chi connectivity index (χ1n) is 1.63. The number of hydrogen-bond acceptors (Lipinski definition) is 1. The van der Waals surface area contributed by atoms with Crippen molar-refractivity contribution in [1.82, 2.24) is 0 Å². The Hall–Kier alpha value is 1.69. The topological polar surface area (TPSA) is 37.3 Å². The number of halogens is 2. The van der Waals surface area contributed by atoms with E-state index in [1.165, 1.54) is 0 Å². The summed E-state index contributed by atoms with van der Waals surface area (Å²) < 4.78 is 0. The molecule has 44 valence electrons. The largest absolute Gasteiger partial charge is 1.00 e. The molecule has 0 saturated carbocycles.